The Hall–Kier alpha value is -2.04. The van der Waals surface area contributed by atoms with Crippen LogP contribution in [-0.4, -0.2) is 12.0 Å². The van der Waals surface area contributed by atoms with Crippen LogP contribution in [0.1, 0.15) is 16.7 Å². The molecule has 0 aromatic heterocycles. The Morgan fingerprint density at radius 1 is 1.27 bits per heavy atom. The van der Waals surface area contributed by atoms with Crippen molar-refractivity contribution in [1.82, 2.24) is 5.32 Å². The third kappa shape index (κ3) is 3.08. The third-order valence-corrected chi connectivity index (χ3v) is 4.02. The van der Waals surface area contributed by atoms with Crippen LogP contribution in [0.25, 0.3) is 0 Å². The van der Waals surface area contributed by atoms with Gasteiger partial charge in [0.25, 0.3) is 5.91 Å². The first-order valence-electron chi connectivity index (χ1n) is 7.17. The molecule has 1 heterocycles. The van der Waals surface area contributed by atoms with Crippen molar-refractivity contribution >= 4 is 17.5 Å². The molecule has 0 aliphatic carbocycles. The Morgan fingerprint density at radius 2 is 2.05 bits per heavy atom. The minimum atomic E-state index is -0.501. The third-order valence-electron chi connectivity index (χ3n) is 3.78. The highest BCUT2D eigenvalue weighted by molar-refractivity contribution is 6.30. The molecule has 0 radical (unpaired) electrons. The minimum absolute atomic E-state index is 0.126. The van der Waals surface area contributed by atoms with Crippen molar-refractivity contribution in [3.05, 3.63) is 64.2 Å². The monoisotopic (exact) mass is 316 g/mol. The molecule has 22 heavy (non-hydrogen) atoms. The molecule has 1 atom stereocenters. The predicted octanol–water partition coefficient (Wildman–Crippen LogP) is 2.42. The lowest BCUT2D eigenvalue weighted by Gasteiger charge is -2.13. The molecule has 1 amide bonds. The standard InChI is InChI=1S/C17H17ClN2O2/c18-14-5-6-15-13(7-14)8-16(22-15)17(21)20-10-12-4-2-1-3-11(12)9-19/h1-7,16H,8-10,19H2,(H,20,21). The van der Waals surface area contributed by atoms with Crippen LogP contribution >= 0.6 is 11.6 Å². The number of benzene rings is 2. The van der Waals surface area contributed by atoms with Gasteiger partial charge in [0.2, 0.25) is 0 Å². The zero-order valence-corrected chi connectivity index (χ0v) is 12.8. The Labute approximate surface area is 134 Å². The van der Waals surface area contributed by atoms with Crippen molar-refractivity contribution in [3.8, 4) is 5.75 Å². The van der Waals surface area contributed by atoms with Gasteiger partial charge in [0.1, 0.15) is 5.75 Å². The van der Waals surface area contributed by atoms with Gasteiger partial charge in [-0.2, -0.15) is 0 Å². The summed E-state index contributed by atoms with van der Waals surface area (Å²) in [6.07, 6.45) is 0.0405. The first kappa shape index (κ1) is 14.9. The molecule has 2 aromatic carbocycles. The average molecular weight is 317 g/mol. The van der Waals surface area contributed by atoms with E-state index in [0.29, 0.717) is 24.5 Å². The molecule has 1 aliphatic rings. The largest absolute Gasteiger partial charge is 0.480 e. The summed E-state index contributed by atoms with van der Waals surface area (Å²) >= 11 is 5.96. The van der Waals surface area contributed by atoms with Crippen LogP contribution in [0.15, 0.2) is 42.5 Å². The van der Waals surface area contributed by atoms with Crippen molar-refractivity contribution in [3.63, 3.8) is 0 Å². The summed E-state index contributed by atoms with van der Waals surface area (Å²) in [6, 6.07) is 13.2. The van der Waals surface area contributed by atoms with Crippen LogP contribution in [0.2, 0.25) is 5.02 Å². The van der Waals surface area contributed by atoms with Gasteiger partial charge in [0, 0.05) is 24.5 Å². The molecule has 114 valence electrons. The highest BCUT2D eigenvalue weighted by Gasteiger charge is 2.29. The van der Waals surface area contributed by atoms with Crippen LogP contribution in [-0.2, 0) is 24.3 Å². The highest BCUT2D eigenvalue weighted by Crippen LogP contribution is 2.31. The zero-order chi connectivity index (χ0) is 15.5. The maximum absolute atomic E-state index is 12.3. The van der Waals surface area contributed by atoms with Gasteiger partial charge >= 0.3 is 0 Å². The predicted molar refractivity (Wildman–Crippen MR) is 85.8 cm³/mol. The van der Waals surface area contributed by atoms with Gasteiger partial charge in [0.05, 0.1) is 0 Å². The first-order valence-corrected chi connectivity index (χ1v) is 7.55. The first-order chi connectivity index (χ1) is 10.7. The maximum Gasteiger partial charge on any atom is 0.261 e. The normalized spacial score (nSPS) is 16.0. The summed E-state index contributed by atoms with van der Waals surface area (Å²) in [5.41, 5.74) is 8.73. The second-order valence-electron chi connectivity index (χ2n) is 5.25. The van der Waals surface area contributed by atoms with Gasteiger partial charge in [0.15, 0.2) is 6.10 Å². The van der Waals surface area contributed by atoms with Gasteiger partial charge in [-0.05, 0) is 34.9 Å². The summed E-state index contributed by atoms with van der Waals surface area (Å²) in [5.74, 6) is 0.603. The quantitative estimate of drug-likeness (QED) is 0.910. The molecule has 1 unspecified atom stereocenters. The van der Waals surface area contributed by atoms with E-state index in [9.17, 15) is 4.79 Å². The molecular formula is C17H17ClN2O2. The van der Waals surface area contributed by atoms with E-state index in [1.807, 2.05) is 30.3 Å². The number of hydrogen-bond acceptors (Lipinski definition) is 3. The van der Waals surface area contributed by atoms with Crippen LogP contribution in [0, 0.1) is 0 Å². The van der Waals surface area contributed by atoms with Crippen molar-refractivity contribution in [2.24, 2.45) is 5.73 Å². The number of rotatable bonds is 4. The number of nitrogens with two attached hydrogens (primary N) is 1. The lowest BCUT2D eigenvalue weighted by atomic mass is 10.1. The molecule has 0 saturated heterocycles. The molecule has 2 aromatic rings. The number of hydrogen-bond donors (Lipinski definition) is 2. The zero-order valence-electron chi connectivity index (χ0n) is 12.0. The van der Waals surface area contributed by atoms with E-state index in [1.54, 1.807) is 12.1 Å². The van der Waals surface area contributed by atoms with Crippen LogP contribution in [0.3, 0.4) is 0 Å². The molecule has 0 bridgehead atoms. The lowest BCUT2D eigenvalue weighted by Crippen LogP contribution is -2.37. The van der Waals surface area contributed by atoms with Crippen molar-refractivity contribution in [1.29, 1.82) is 0 Å². The van der Waals surface area contributed by atoms with E-state index in [4.69, 9.17) is 22.1 Å². The Kier molecular flexibility index (Phi) is 4.32. The fraction of sp³-hybridized carbons (Fsp3) is 0.235. The molecule has 0 fully saturated rings. The summed E-state index contributed by atoms with van der Waals surface area (Å²) in [4.78, 5) is 12.3. The van der Waals surface area contributed by atoms with Gasteiger partial charge in [-0.1, -0.05) is 35.9 Å². The van der Waals surface area contributed by atoms with E-state index in [0.717, 1.165) is 22.4 Å². The van der Waals surface area contributed by atoms with E-state index >= 15 is 0 Å². The highest BCUT2D eigenvalue weighted by atomic mass is 35.5. The number of amides is 1. The topological polar surface area (TPSA) is 64.3 Å². The van der Waals surface area contributed by atoms with Crippen molar-refractivity contribution in [2.75, 3.05) is 0 Å². The molecule has 5 heteroatoms. The van der Waals surface area contributed by atoms with E-state index in [1.165, 1.54) is 0 Å². The van der Waals surface area contributed by atoms with Crippen LogP contribution in [0.5, 0.6) is 5.75 Å². The molecule has 3 N–H and O–H groups in total. The summed E-state index contributed by atoms with van der Waals surface area (Å²) in [5, 5.41) is 3.57. The van der Waals surface area contributed by atoms with Crippen LogP contribution in [0.4, 0.5) is 0 Å². The summed E-state index contributed by atoms with van der Waals surface area (Å²) < 4.78 is 5.67. The number of nitrogens with one attached hydrogen (secondary N) is 1. The van der Waals surface area contributed by atoms with E-state index in [2.05, 4.69) is 5.32 Å². The van der Waals surface area contributed by atoms with Crippen molar-refractivity contribution in [2.45, 2.75) is 25.6 Å². The Balaban J connectivity index is 1.62. The van der Waals surface area contributed by atoms with E-state index in [-0.39, 0.29) is 5.91 Å². The van der Waals surface area contributed by atoms with Crippen LogP contribution < -0.4 is 15.8 Å². The molecule has 0 saturated carbocycles. The molecule has 0 spiro atoms. The molecule has 4 nitrogen and oxygen atoms in total. The molecule has 1 aliphatic heterocycles. The lowest BCUT2D eigenvalue weighted by molar-refractivity contribution is -0.127. The average Bonchev–Trinajstić information content (AvgIpc) is 2.96. The number of fused-ring (bicyclic) bond motifs is 1. The SMILES string of the molecule is NCc1ccccc1CNC(=O)C1Cc2cc(Cl)ccc2O1. The fourth-order valence-electron chi connectivity index (χ4n) is 2.59. The Morgan fingerprint density at radius 3 is 2.82 bits per heavy atom. The Bertz CT molecular complexity index is 703. The van der Waals surface area contributed by atoms with Gasteiger partial charge in [-0.25, -0.2) is 0 Å². The molecular weight excluding hydrogens is 300 g/mol. The van der Waals surface area contributed by atoms with Gasteiger partial charge in [-0.3, -0.25) is 4.79 Å². The van der Waals surface area contributed by atoms with Crippen molar-refractivity contribution < 1.29 is 9.53 Å². The maximum atomic E-state index is 12.3. The summed E-state index contributed by atoms with van der Waals surface area (Å²) in [7, 11) is 0. The summed E-state index contributed by atoms with van der Waals surface area (Å²) in [6.45, 7) is 0.902. The van der Waals surface area contributed by atoms with Gasteiger partial charge in [-0.15, -0.1) is 0 Å². The second kappa shape index (κ2) is 6.38. The number of halogens is 1. The van der Waals surface area contributed by atoms with Gasteiger partial charge < -0.3 is 15.8 Å². The van der Waals surface area contributed by atoms with E-state index < -0.39 is 6.10 Å². The minimum Gasteiger partial charge on any atom is -0.480 e. The smallest absolute Gasteiger partial charge is 0.261 e. The number of carbonyl (C=O) groups is 1. The second-order valence-corrected chi connectivity index (χ2v) is 5.69. The number of ether oxygens (including phenoxy) is 1. The molecule has 3 rings (SSSR count). The number of carbonyl (C=O) groups excluding carboxylic acids is 1. The fourth-order valence-corrected chi connectivity index (χ4v) is 2.78.